The summed E-state index contributed by atoms with van der Waals surface area (Å²) >= 11 is 0. The maximum absolute atomic E-state index is 13.2. The van der Waals surface area contributed by atoms with Crippen LogP contribution in [0.5, 0.6) is 0 Å². The Hall–Kier alpha value is -0.140. The van der Waals surface area contributed by atoms with E-state index in [-0.39, 0.29) is 12.8 Å². The Morgan fingerprint density at radius 2 is 1.18 bits per heavy atom. The molecular formula is C15H24F2. The monoisotopic (exact) mass is 242 g/mol. The molecule has 0 aromatic rings. The van der Waals surface area contributed by atoms with Crippen molar-refractivity contribution in [1.29, 1.82) is 0 Å². The second-order valence-corrected chi connectivity index (χ2v) is 6.72. The van der Waals surface area contributed by atoms with Crippen LogP contribution in [0.25, 0.3) is 0 Å². The zero-order valence-corrected chi connectivity index (χ0v) is 10.6. The van der Waals surface area contributed by atoms with E-state index < -0.39 is 5.92 Å². The predicted octanol–water partition coefficient (Wildman–Crippen LogP) is 5.03. The summed E-state index contributed by atoms with van der Waals surface area (Å²) in [7, 11) is 0. The fourth-order valence-corrected chi connectivity index (χ4v) is 4.22. The fourth-order valence-electron chi connectivity index (χ4n) is 4.22. The second kappa shape index (κ2) is 4.51. The van der Waals surface area contributed by atoms with Gasteiger partial charge in [0.1, 0.15) is 0 Å². The van der Waals surface area contributed by atoms with Crippen molar-refractivity contribution in [3.05, 3.63) is 0 Å². The van der Waals surface area contributed by atoms with Gasteiger partial charge < -0.3 is 0 Å². The van der Waals surface area contributed by atoms with Crippen molar-refractivity contribution in [2.24, 2.45) is 23.7 Å². The SMILES string of the molecule is FC1(F)CCC(C2CCCC(C3CC3)C2)CC1. The normalized spacial score (nSPS) is 39.2. The van der Waals surface area contributed by atoms with E-state index in [2.05, 4.69) is 0 Å². The summed E-state index contributed by atoms with van der Waals surface area (Å²) in [6.07, 6.45) is 10.2. The van der Waals surface area contributed by atoms with Gasteiger partial charge in [-0.1, -0.05) is 19.3 Å². The standard InChI is InChI=1S/C15H24F2/c16-15(17)8-6-12(7-9-15)14-3-1-2-13(10-14)11-4-5-11/h11-14H,1-10H2. The van der Waals surface area contributed by atoms with Crippen LogP contribution in [-0.4, -0.2) is 5.92 Å². The Kier molecular flexibility index (Phi) is 3.16. The molecule has 0 spiro atoms. The van der Waals surface area contributed by atoms with Crippen molar-refractivity contribution in [2.75, 3.05) is 0 Å². The Morgan fingerprint density at radius 1 is 0.647 bits per heavy atom. The van der Waals surface area contributed by atoms with Gasteiger partial charge in [-0.15, -0.1) is 0 Å². The van der Waals surface area contributed by atoms with Crippen molar-refractivity contribution < 1.29 is 8.78 Å². The molecule has 3 saturated carbocycles. The molecule has 0 aliphatic heterocycles. The van der Waals surface area contributed by atoms with Gasteiger partial charge in [-0.2, -0.15) is 0 Å². The van der Waals surface area contributed by atoms with Crippen molar-refractivity contribution in [3.8, 4) is 0 Å². The Balaban J connectivity index is 1.53. The largest absolute Gasteiger partial charge is 0.248 e. The first-order valence-electron chi connectivity index (χ1n) is 7.52. The third-order valence-electron chi connectivity index (χ3n) is 5.47. The second-order valence-electron chi connectivity index (χ2n) is 6.72. The first-order chi connectivity index (χ1) is 8.14. The molecule has 0 radical (unpaired) electrons. The van der Waals surface area contributed by atoms with Crippen LogP contribution < -0.4 is 0 Å². The molecule has 0 heterocycles. The summed E-state index contributed by atoms with van der Waals surface area (Å²) in [6, 6.07) is 0. The smallest absolute Gasteiger partial charge is 0.207 e. The molecule has 0 aromatic heterocycles. The number of hydrogen-bond donors (Lipinski definition) is 0. The molecule has 0 saturated heterocycles. The number of rotatable bonds is 2. The van der Waals surface area contributed by atoms with Gasteiger partial charge in [0, 0.05) is 12.8 Å². The van der Waals surface area contributed by atoms with E-state index in [0.717, 1.165) is 30.6 Å². The third-order valence-corrected chi connectivity index (χ3v) is 5.47. The molecule has 3 aliphatic carbocycles. The lowest BCUT2D eigenvalue weighted by atomic mass is 9.69. The Bertz CT molecular complexity index is 260. The maximum Gasteiger partial charge on any atom is 0.248 e. The summed E-state index contributed by atoms with van der Waals surface area (Å²) in [4.78, 5) is 0. The molecule has 2 atom stereocenters. The summed E-state index contributed by atoms with van der Waals surface area (Å²) in [6.45, 7) is 0. The Labute approximate surface area is 103 Å². The fraction of sp³-hybridized carbons (Fsp3) is 1.00. The van der Waals surface area contributed by atoms with Crippen LogP contribution in [0.1, 0.15) is 64.2 Å². The van der Waals surface area contributed by atoms with E-state index in [9.17, 15) is 8.78 Å². The van der Waals surface area contributed by atoms with Gasteiger partial charge in [-0.05, 0) is 55.8 Å². The summed E-state index contributed by atoms with van der Waals surface area (Å²) in [5.41, 5.74) is 0. The average molecular weight is 242 g/mol. The highest BCUT2D eigenvalue weighted by molar-refractivity contribution is 4.89. The number of alkyl halides is 2. The lowest BCUT2D eigenvalue weighted by Crippen LogP contribution is -2.31. The van der Waals surface area contributed by atoms with Crippen molar-refractivity contribution in [1.82, 2.24) is 0 Å². The van der Waals surface area contributed by atoms with E-state index in [4.69, 9.17) is 0 Å². The average Bonchev–Trinajstić information content (AvgIpc) is 3.13. The predicted molar refractivity (Wildman–Crippen MR) is 65.1 cm³/mol. The van der Waals surface area contributed by atoms with Crippen LogP contribution in [0.2, 0.25) is 0 Å². The molecule has 3 rings (SSSR count). The maximum atomic E-state index is 13.2. The quantitative estimate of drug-likeness (QED) is 0.637. The van der Waals surface area contributed by atoms with Gasteiger partial charge in [-0.3, -0.25) is 0 Å². The molecule has 0 amide bonds. The van der Waals surface area contributed by atoms with Gasteiger partial charge >= 0.3 is 0 Å². The highest BCUT2D eigenvalue weighted by Crippen LogP contribution is 2.49. The summed E-state index contributed by atoms with van der Waals surface area (Å²) < 4.78 is 26.3. The summed E-state index contributed by atoms with van der Waals surface area (Å²) in [5.74, 6) is 1.03. The van der Waals surface area contributed by atoms with Crippen LogP contribution in [0.4, 0.5) is 8.78 Å². The van der Waals surface area contributed by atoms with Gasteiger partial charge in [-0.25, -0.2) is 8.78 Å². The molecule has 0 bridgehead atoms. The topological polar surface area (TPSA) is 0 Å². The minimum atomic E-state index is -2.35. The molecule has 0 aromatic carbocycles. The third kappa shape index (κ3) is 2.82. The van der Waals surface area contributed by atoms with Crippen LogP contribution in [0.15, 0.2) is 0 Å². The van der Waals surface area contributed by atoms with E-state index in [1.807, 2.05) is 0 Å². The van der Waals surface area contributed by atoms with Crippen molar-refractivity contribution in [2.45, 2.75) is 70.1 Å². The zero-order valence-electron chi connectivity index (χ0n) is 10.6. The van der Waals surface area contributed by atoms with Crippen LogP contribution in [0.3, 0.4) is 0 Å². The van der Waals surface area contributed by atoms with Crippen LogP contribution >= 0.6 is 0 Å². The van der Waals surface area contributed by atoms with Gasteiger partial charge in [0.05, 0.1) is 0 Å². The van der Waals surface area contributed by atoms with Gasteiger partial charge in [0.2, 0.25) is 5.92 Å². The molecule has 0 nitrogen and oxygen atoms in total. The molecule has 17 heavy (non-hydrogen) atoms. The van der Waals surface area contributed by atoms with Crippen molar-refractivity contribution in [3.63, 3.8) is 0 Å². The van der Waals surface area contributed by atoms with Gasteiger partial charge in [0.25, 0.3) is 0 Å². The molecular weight excluding hydrogens is 218 g/mol. The minimum absolute atomic E-state index is 0.155. The molecule has 0 N–H and O–H groups in total. The minimum Gasteiger partial charge on any atom is -0.207 e. The highest BCUT2D eigenvalue weighted by atomic mass is 19.3. The van der Waals surface area contributed by atoms with E-state index in [1.54, 1.807) is 0 Å². The van der Waals surface area contributed by atoms with Crippen LogP contribution in [0, 0.1) is 23.7 Å². The molecule has 98 valence electrons. The van der Waals surface area contributed by atoms with Crippen LogP contribution in [-0.2, 0) is 0 Å². The first-order valence-corrected chi connectivity index (χ1v) is 7.52. The molecule has 2 heteroatoms. The number of hydrogen-bond acceptors (Lipinski definition) is 0. The molecule has 3 aliphatic rings. The summed E-state index contributed by atoms with van der Waals surface area (Å²) in [5, 5.41) is 0. The van der Waals surface area contributed by atoms with E-state index >= 15 is 0 Å². The first kappa shape index (κ1) is 11.9. The highest BCUT2D eigenvalue weighted by Gasteiger charge is 2.41. The van der Waals surface area contributed by atoms with E-state index in [1.165, 1.54) is 38.5 Å². The Morgan fingerprint density at radius 3 is 1.71 bits per heavy atom. The number of halogens is 2. The zero-order chi connectivity index (χ0) is 11.9. The molecule has 2 unspecified atom stereocenters. The van der Waals surface area contributed by atoms with Gasteiger partial charge in [0.15, 0.2) is 0 Å². The molecule has 3 fully saturated rings. The van der Waals surface area contributed by atoms with Crippen molar-refractivity contribution >= 4 is 0 Å². The lowest BCUT2D eigenvalue weighted by molar-refractivity contribution is -0.0557. The lowest BCUT2D eigenvalue weighted by Gasteiger charge is -2.38. The van der Waals surface area contributed by atoms with E-state index in [0.29, 0.717) is 5.92 Å².